The van der Waals surface area contributed by atoms with Crippen LogP contribution in [0.3, 0.4) is 0 Å². The molecule has 0 saturated heterocycles. The first-order valence-corrected chi connectivity index (χ1v) is 14.5. The van der Waals surface area contributed by atoms with Crippen LogP contribution in [0.4, 0.5) is 5.69 Å². The van der Waals surface area contributed by atoms with Gasteiger partial charge in [0, 0.05) is 17.4 Å². The highest BCUT2D eigenvalue weighted by Crippen LogP contribution is 2.26. The summed E-state index contributed by atoms with van der Waals surface area (Å²) in [6.45, 7) is 0.858. The quantitative estimate of drug-likeness (QED) is 0.373. The second kappa shape index (κ2) is 12.2. The van der Waals surface area contributed by atoms with Crippen LogP contribution in [0.25, 0.3) is 0 Å². The first kappa shape index (κ1) is 26.0. The number of ether oxygens (including phenoxy) is 1. The number of anilines is 1. The van der Waals surface area contributed by atoms with Gasteiger partial charge in [-0.05, 0) is 53.8 Å². The third-order valence-corrected chi connectivity index (χ3v) is 8.80. The lowest BCUT2D eigenvalue weighted by Crippen LogP contribution is -2.19. The summed E-state index contributed by atoms with van der Waals surface area (Å²) in [7, 11) is -2.28. The summed E-state index contributed by atoms with van der Waals surface area (Å²) < 4.78 is 31.2. The Balaban J connectivity index is 1.39. The lowest BCUT2D eigenvalue weighted by molar-refractivity contribution is -0.140. The number of methoxy groups -OCH3 is 1. The minimum atomic E-state index is -3.59. The van der Waals surface area contributed by atoms with Crippen molar-refractivity contribution in [2.45, 2.75) is 30.1 Å². The molecule has 36 heavy (non-hydrogen) atoms. The van der Waals surface area contributed by atoms with E-state index in [1.807, 2.05) is 54.6 Å². The average molecular weight is 523 g/mol. The number of nitrogens with zero attached hydrogens (tertiary/aromatic N) is 1. The maximum Gasteiger partial charge on any atom is 0.306 e. The van der Waals surface area contributed by atoms with Gasteiger partial charge < -0.3 is 10.1 Å². The average Bonchev–Trinajstić information content (AvgIpc) is 3.41. The molecule has 0 aliphatic carbocycles. The van der Waals surface area contributed by atoms with Crippen molar-refractivity contribution < 1.29 is 17.9 Å². The standard InChI is InChI=1S/C28H30N2O4S2/c1-34-27(31)19-24(23-7-3-2-4-8-23)20-36(32,33)26-14-12-21(13-15-26)10-11-22-6-5-9-25(18-22)30-28-29-16-17-35-28/h2-9,12-15,18,24H,10-11,16-17,19-20H2,1H3,(H,29,30). The van der Waals surface area contributed by atoms with E-state index >= 15 is 0 Å². The van der Waals surface area contributed by atoms with Gasteiger partial charge in [-0.15, -0.1) is 0 Å². The molecule has 1 aliphatic heterocycles. The Bertz CT molecular complexity index is 1310. The fourth-order valence-electron chi connectivity index (χ4n) is 4.13. The van der Waals surface area contributed by atoms with Gasteiger partial charge in [-0.25, -0.2) is 8.42 Å². The molecule has 0 radical (unpaired) electrons. The highest BCUT2D eigenvalue weighted by Gasteiger charge is 2.25. The molecular formula is C28H30N2O4S2. The van der Waals surface area contributed by atoms with Crippen LogP contribution in [0.5, 0.6) is 0 Å². The van der Waals surface area contributed by atoms with Crippen molar-refractivity contribution in [2.75, 3.05) is 30.5 Å². The Morgan fingerprint density at radius 3 is 2.44 bits per heavy atom. The molecule has 1 aliphatic rings. The number of carbonyl (C=O) groups is 1. The van der Waals surface area contributed by atoms with Gasteiger partial charge in [-0.2, -0.15) is 0 Å². The van der Waals surface area contributed by atoms with Crippen molar-refractivity contribution in [1.82, 2.24) is 0 Å². The van der Waals surface area contributed by atoms with E-state index in [4.69, 9.17) is 4.74 Å². The number of esters is 1. The first-order valence-electron chi connectivity index (χ1n) is 11.9. The van der Waals surface area contributed by atoms with Crippen LogP contribution in [0, 0.1) is 0 Å². The Morgan fingerprint density at radius 1 is 1.00 bits per heavy atom. The van der Waals surface area contributed by atoms with E-state index in [9.17, 15) is 13.2 Å². The minimum absolute atomic E-state index is 0.0117. The lowest BCUT2D eigenvalue weighted by atomic mass is 9.98. The monoisotopic (exact) mass is 522 g/mol. The topological polar surface area (TPSA) is 84.8 Å². The maximum absolute atomic E-state index is 13.2. The summed E-state index contributed by atoms with van der Waals surface area (Å²) in [5.74, 6) is -0.0396. The third-order valence-electron chi connectivity index (χ3n) is 6.08. The van der Waals surface area contributed by atoms with Crippen LogP contribution in [0.2, 0.25) is 0 Å². The van der Waals surface area contributed by atoms with E-state index in [1.165, 1.54) is 12.7 Å². The van der Waals surface area contributed by atoms with Crippen molar-refractivity contribution in [3.05, 3.63) is 95.6 Å². The molecule has 8 heteroatoms. The fourth-order valence-corrected chi connectivity index (χ4v) is 6.47. The Hall–Kier alpha value is -3.10. The molecule has 1 atom stereocenters. The van der Waals surface area contributed by atoms with Gasteiger partial charge in [0.2, 0.25) is 0 Å². The zero-order chi connectivity index (χ0) is 25.4. The summed E-state index contributed by atoms with van der Waals surface area (Å²) >= 11 is 1.73. The molecule has 0 aromatic heterocycles. The summed E-state index contributed by atoms with van der Waals surface area (Å²) in [5.41, 5.74) is 4.10. The maximum atomic E-state index is 13.2. The van der Waals surface area contributed by atoms with Crippen molar-refractivity contribution >= 4 is 38.4 Å². The first-order chi connectivity index (χ1) is 17.4. The van der Waals surface area contributed by atoms with Gasteiger partial charge in [0.15, 0.2) is 15.0 Å². The van der Waals surface area contributed by atoms with Crippen LogP contribution in [-0.2, 0) is 32.2 Å². The Kier molecular flexibility index (Phi) is 8.83. The number of aryl methyl sites for hydroxylation is 2. The molecule has 6 nitrogen and oxygen atoms in total. The molecule has 188 valence electrons. The smallest absolute Gasteiger partial charge is 0.306 e. The van der Waals surface area contributed by atoms with Crippen LogP contribution in [-0.4, -0.2) is 44.7 Å². The molecular weight excluding hydrogens is 492 g/mol. The number of rotatable bonds is 10. The molecule has 3 aromatic rings. The summed E-state index contributed by atoms with van der Waals surface area (Å²) in [6, 6.07) is 24.6. The molecule has 0 saturated carbocycles. The Labute approximate surface area is 217 Å². The van der Waals surface area contributed by atoms with Crippen LogP contribution >= 0.6 is 11.8 Å². The minimum Gasteiger partial charge on any atom is -0.469 e. The molecule has 1 heterocycles. The predicted molar refractivity (Wildman–Crippen MR) is 147 cm³/mol. The molecule has 1 unspecified atom stereocenters. The van der Waals surface area contributed by atoms with Crippen molar-refractivity contribution in [1.29, 1.82) is 0 Å². The van der Waals surface area contributed by atoms with Crippen LogP contribution in [0.15, 0.2) is 88.8 Å². The largest absolute Gasteiger partial charge is 0.469 e. The number of sulfone groups is 1. The van der Waals surface area contributed by atoms with Gasteiger partial charge in [-0.3, -0.25) is 9.79 Å². The summed E-state index contributed by atoms with van der Waals surface area (Å²) in [5, 5.41) is 4.33. The van der Waals surface area contributed by atoms with E-state index in [-0.39, 0.29) is 17.1 Å². The number of benzene rings is 3. The van der Waals surface area contributed by atoms with Gasteiger partial charge >= 0.3 is 5.97 Å². The number of amidine groups is 1. The third kappa shape index (κ3) is 7.21. The second-order valence-electron chi connectivity index (χ2n) is 8.67. The molecule has 3 aromatic carbocycles. The van der Waals surface area contributed by atoms with Gasteiger partial charge in [0.1, 0.15) is 0 Å². The Morgan fingerprint density at radius 2 is 1.75 bits per heavy atom. The van der Waals surface area contributed by atoms with Crippen molar-refractivity contribution in [3.8, 4) is 0 Å². The van der Waals surface area contributed by atoms with Crippen molar-refractivity contribution in [3.63, 3.8) is 0 Å². The zero-order valence-electron chi connectivity index (χ0n) is 20.2. The van der Waals surface area contributed by atoms with Gasteiger partial charge in [0.25, 0.3) is 0 Å². The highest BCUT2D eigenvalue weighted by molar-refractivity contribution is 8.14. The molecule has 0 fully saturated rings. The highest BCUT2D eigenvalue weighted by atomic mass is 32.2. The van der Waals surface area contributed by atoms with E-state index < -0.39 is 21.7 Å². The molecule has 1 N–H and O–H groups in total. The second-order valence-corrected chi connectivity index (χ2v) is 11.8. The van der Waals surface area contributed by atoms with E-state index in [2.05, 4.69) is 22.4 Å². The summed E-state index contributed by atoms with van der Waals surface area (Å²) in [6.07, 6.45) is 1.66. The normalized spacial score (nSPS) is 14.2. The summed E-state index contributed by atoms with van der Waals surface area (Å²) in [4.78, 5) is 16.6. The van der Waals surface area contributed by atoms with E-state index in [0.29, 0.717) is 0 Å². The number of hydrogen-bond acceptors (Lipinski definition) is 7. The molecule has 4 rings (SSSR count). The number of nitrogens with one attached hydrogen (secondary N) is 1. The predicted octanol–water partition coefficient (Wildman–Crippen LogP) is 5.11. The van der Waals surface area contributed by atoms with Crippen LogP contribution in [0.1, 0.15) is 29.0 Å². The van der Waals surface area contributed by atoms with Gasteiger partial charge in [0.05, 0.1) is 30.7 Å². The number of aliphatic imine (C=N–C) groups is 1. The van der Waals surface area contributed by atoms with E-state index in [0.717, 1.165) is 47.1 Å². The molecule has 0 bridgehead atoms. The number of carbonyl (C=O) groups excluding carboxylic acids is 1. The molecule has 0 spiro atoms. The number of hydrogen-bond donors (Lipinski definition) is 1. The van der Waals surface area contributed by atoms with Crippen LogP contribution < -0.4 is 5.32 Å². The van der Waals surface area contributed by atoms with E-state index in [1.54, 1.807) is 23.9 Å². The SMILES string of the molecule is COC(=O)CC(CS(=O)(=O)c1ccc(CCc2cccc(NC3=NCCS3)c2)cc1)c1ccccc1. The lowest BCUT2D eigenvalue weighted by Gasteiger charge is -2.17. The van der Waals surface area contributed by atoms with Crippen molar-refractivity contribution in [2.24, 2.45) is 4.99 Å². The fraction of sp³-hybridized carbons (Fsp3) is 0.286. The molecule has 0 amide bonds. The zero-order valence-corrected chi connectivity index (χ0v) is 21.9. The van der Waals surface area contributed by atoms with Gasteiger partial charge in [-0.1, -0.05) is 66.4 Å². The number of thioether (sulfide) groups is 1.